The van der Waals surface area contributed by atoms with Crippen LogP contribution in [0.3, 0.4) is 0 Å². The third-order valence-electron chi connectivity index (χ3n) is 8.18. The van der Waals surface area contributed by atoms with E-state index in [0.29, 0.717) is 27.1 Å². The quantitative estimate of drug-likeness (QED) is 0.0610. The SMILES string of the molecule is Cc1ccc(C(=O)Nc2cc(C(=O)Nc3cccc4cc(S(=O)(=O)O)ccc34)cc(C(=O)Nc3cccc4cc(S(=O)(=O)O)ccc34)c2)cc1[N+](=O)[O-]. The summed E-state index contributed by atoms with van der Waals surface area (Å²) in [5.74, 6) is -2.25. The minimum Gasteiger partial charge on any atom is -0.322 e. The smallest absolute Gasteiger partial charge is 0.294 e. The minimum absolute atomic E-state index is 0.0255. The van der Waals surface area contributed by atoms with Crippen LogP contribution in [0.4, 0.5) is 22.7 Å². The van der Waals surface area contributed by atoms with Crippen molar-refractivity contribution in [2.75, 3.05) is 16.0 Å². The predicted octanol–water partition coefficient (Wildman–Crippen LogP) is 6.46. The number of fused-ring (bicyclic) bond motifs is 2. The summed E-state index contributed by atoms with van der Waals surface area (Å²) in [6, 6.07) is 24.6. The average Bonchev–Trinajstić information content (AvgIpc) is 3.10. The maximum absolute atomic E-state index is 13.7. The lowest BCUT2D eigenvalue weighted by Gasteiger charge is -2.14. The predicted molar refractivity (Wildman–Crippen MR) is 196 cm³/mol. The minimum atomic E-state index is -4.50. The zero-order valence-electron chi connectivity index (χ0n) is 27.2. The van der Waals surface area contributed by atoms with E-state index >= 15 is 0 Å². The van der Waals surface area contributed by atoms with Crippen LogP contribution < -0.4 is 16.0 Å². The van der Waals surface area contributed by atoms with Gasteiger partial charge in [-0.3, -0.25) is 33.6 Å². The fourth-order valence-corrected chi connectivity index (χ4v) is 6.60. The van der Waals surface area contributed by atoms with Gasteiger partial charge >= 0.3 is 0 Å². The van der Waals surface area contributed by atoms with Gasteiger partial charge in [-0.2, -0.15) is 16.8 Å². The topological polar surface area (TPSA) is 239 Å². The molecule has 0 fully saturated rings. The Bertz CT molecular complexity index is 2620. The van der Waals surface area contributed by atoms with Crippen LogP contribution in [-0.4, -0.2) is 48.6 Å². The van der Waals surface area contributed by atoms with E-state index in [1.807, 2.05) is 0 Å². The molecule has 0 saturated carbocycles. The highest BCUT2D eigenvalue weighted by Gasteiger charge is 2.20. The molecule has 0 heterocycles. The number of anilines is 3. The first kappa shape index (κ1) is 36.3. The summed E-state index contributed by atoms with van der Waals surface area (Å²) >= 11 is 0. The van der Waals surface area contributed by atoms with Gasteiger partial charge in [0.05, 0.1) is 14.7 Å². The van der Waals surface area contributed by atoms with Crippen LogP contribution in [0.25, 0.3) is 21.5 Å². The van der Waals surface area contributed by atoms with Crippen molar-refractivity contribution in [3.8, 4) is 0 Å². The third-order valence-corrected chi connectivity index (χ3v) is 9.88. The molecule has 0 spiro atoms. The van der Waals surface area contributed by atoms with Crippen molar-refractivity contribution >= 4 is 82.3 Å². The number of rotatable bonds is 9. The first-order chi connectivity index (χ1) is 25.0. The summed E-state index contributed by atoms with van der Waals surface area (Å²) in [6.07, 6.45) is 0. The van der Waals surface area contributed by atoms with Crippen LogP contribution >= 0.6 is 0 Å². The van der Waals surface area contributed by atoms with Crippen molar-refractivity contribution in [1.82, 2.24) is 0 Å². The summed E-state index contributed by atoms with van der Waals surface area (Å²) < 4.78 is 65.6. The lowest BCUT2D eigenvalue weighted by molar-refractivity contribution is -0.385. The Kier molecular flexibility index (Phi) is 9.50. The molecule has 6 aromatic carbocycles. The Balaban J connectivity index is 1.37. The van der Waals surface area contributed by atoms with E-state index in [1.165, 1.54) is 61.5 Å². The number of carbonyl (C=O) groups is 3. The molecule has 0 radical (unpaired) electrons. The molecule has 6 aromatic rings. The van der Waals surface area contributed by atoms with Crippen LogP contribution in [0.2, 0.25) is 0 Å². The lowest BCUT2D eigenvalue weighted by atomic mass is 10.0. The number of nitrogens with zero attached hydrogens (tertiary/aromatic N) is 1. The largest absolute Gasteiger partial charge is 0.322 e. The van der Waals surface area contributed by atoms with Gasteiger partial charge in [0.1, 0.15) is 0 Å². The maximum Gasteiger partial charge on any atom is 0.294 e. The fourth-order valence-electron chi connectivity index (χ4n) is 5.56. The van der Waals surface area contributed by atoms with Crippen LogP contribution in [0.1, 0.15) is 36.6 Å². The van der Waals surface area contributed by atoms with E-state index in [0.717, 1.165) is 18.2 Å². The summed E-state index contributed by atoms with van der Waals surface area (Å²) in [4.78, 5) is 50.9. The van der Waals surface area contributed by atoms with Gasteiger partial charge in [0.25, 0.3) is 43.6 Å². The number of hydrogen-bond donors (Lipinski definition) is 5. The number of carbonyl (C=O) groups excluding carboxylic acids is 3. The van der Waals surface area contributed by atoms with Gasteiger partial charge < -0.3 is 16.0 Å². The summed E-state index contributed by atoms with van der Waals surface area (Å²) in [5, 5.41) is 21.1. The van der Waals surface area contributed by atoms with Gasteiger partial charge in [-0.15, -0.1) is 0 Å². The van der Waals surface area contributed by atoms with Gasteiger partial charge in [0.15, 0.2) is 0 Å². The van der Waals surface area contributed by atoms with E-state index < -0.39 is 42.9 Å². The molecule has 0 bridgehead atoms. The molecule has 0 aromatic heterocycles. The van der Waals surface area contributed by atoms with Crippen LogP contribution in [0, 0.1) is 17.0 Å². The van der Waals surface area contributed by atoms with Crippen LogP contribution in [0.5, 0.6) is 0 Å². The van der Waals surface area contributed by atoms with Gasteiger partial charge in [-0.25, -0.2) is 0 Å². The number of nitro groups is 1. The van der Waals surface area contributed by atoms with Crippen LogP contribution in [-0.2, 0) is 20.2 Å². The van der Waals surface area contributed by atoms with Gasteiger partial charge in [0, 0.05) is 56.2 Å². The first-order valence-electron chi connectivity index (χ1n) is 15.3. The van der Waals surface area contributed by atoms with E-state index in [9.17, 15) is 50.4 Å². The van der Waals surface area contributed by atoms with Crippen molar-refractivity contribution in [2.24, 2.45) is 0 Å². The standard InChI is InChI=1S/C36H26N4O11S2/c1-20-8-9-23(19-33(20)40(44)45)34(41)37-26-15-24(35(42)38-31-6-2-4-21-17-27(52(46,47)48)10-12-29(21)31)14-25(16-26)36(43)39-32-7-3-5-22-18-28(53(49,50)51)11-13-30(22)32/h2-19H,1H3,(H,37,41)(H,38,42)(H,39,43)(H,46,47,48)(H,49,50,51). The molecular weight excluding hydrogens is 729 g/mol. The van der Waals surface area contributed by atoms with Crippen molar-refractivity contribution in [2.45, 2.75) is 16.7 Å². The van der Waals surface area contributed by atoms with Crippen molar-refractivity contribution in [3.63, 3.8) is 0 Å². The van der Waals surface area contributed by atoms with E-state index in [1.54, 1.807) is 36.4 Å². The molecule has 3 amide bonds. The third kappa shape index (κ3) is 7.87. The second kappa shape index (κ2) is 13.9. The molecule has 268 valence electrons. The zero-order valence-corrected chi connectivity index (χ0v) is 28.9. The highest BCUT2D eigenvalue weighted by Crippen LogP contribution is 2.29. The normalized spacial score (nSPS) is 11.6. The Morgan fingerprint density at radius 3 is 1.51 bits per heavy atom. The number of aryl methyl sites for hydroxylation is 1. The second-order valence-electron chi connectivity index (χ2n) is 11.7. The van der Waals surface area contributed by atoms with Crippen LogP contribution in [0.15, 0.2) is 119 Å². The fraction of sp³-hybridized carbons (Fsp3) is 0.0278. The summed E-state index contributed by atoms with van der Waals surface area (Å²) in [6.45, 7) is 1.51. The summed E-state index contributed by atoms with van der Waals surface area (Å²) in [5.41, 5.74) is 0.238. The number of hydrogen-bond acceptors (Lipinski definition) is 9. The molecule has 0 aliphatic heterocycles. The van der Waals surface area contributed by atoms with Crippen molar-refractivity contribution in [3.05, 3.63) is 142 Å². The van der Waals surface area contributed by atoms with E-state index in [2.05, 4.69) is 16.0 Å². The molecule has 0 saturated heterocycles. The Labute approximate surface area is 300 Å². The highest BCUT2D eigenvalue weighted by atomic mass is 32.2. The van der Waals surface area contributed by atoms with E-state index in [4.69, 9.17) is 0 Å². The monoisotopic (exact) mass is 754 g/mol. The molecular formula is C36H26N4O11S2. The Morgan fingerprint density at radius 2 is 1.06 bits per heavy atom. The number of nitro benzene ring substituents is 1. The summed E-state index contributed by atoms with van der Waals surface area (Å²) in [7, 11) is -9.00. The Hall–Kier alpha value is -6.53. The molecule has 0 aliphatic rings. The lowest BCUT2D eigenvalue weighted by Crippen LogP contribution is -2.18. The number of amides is 3. The highest BCUT2D eigenvalue weighted by molar-refractivity contribution is 7.86. The molecule has 5 N–H and O–H groups in total. The molecule has 0 unspecified atom stereocenters. The van der Waals surface area contributed by atoms with Gasteiger partial charge in [-0.1, -0.05) is 42.5 Å². The Morgan fingerprint density at radius 1 is 0.585 bits per heavy atom. The number of benzene rings is 6. The van der Waals surface area contributed by atoms with Gasteiger partial charge in [0.2, 0.25) is 0 Å². The second-order valence-corrected chi connectivity index (χ2v) is 14.6. The van der Waals surface area contributed by atoms with Crippen molar-refractivity contribution < 1.29 is 45.2 Å². The molecule has 53 heavy (non-hydrogen) atoms. The number of nitrogens with one attached hydrogen (secondary N) is 3. The molecule has 15 nitrogen and oxygen atoms in total. The van der Waals surface area contributed by atoms with Gasteiger partial charge in [-0.05, 0) is 78.4 Å². The van der Waals surface area contributed by atoms with Crippen molar-refractivity contribution in [1.29, 1.82) is 0 Å². The average molecular weight is 755 g/mol. The zero-order chi connectivity index (χ0) is 38.2. The molecule has 0 aliphatic carbocycles. The van der Waals surface area contributed by atoms with E-state index in [-0.39, 0.29) is 49.2 Å². The molecule has 17 heteroatoms. The maximum atomic E-state index is 13.7. The first-order valence-corrected chi connectivity index (χ1v) is 18.2. The molecule has 6 rings (SSSR count). The molecule has 0 atom stereocenters.